The predicted octanol–water partition coefficient (Wildman–Crippen LogP) is 6.24. The van der Waals surface area contributed by atoms with Gasteiger partial charge in [-0.2, -0.15) is 0 Å². The number of amides is 5. The van der Waals surface area contributed by atoms with E-state index in [9.17, 15) is 28.8 Å². The average Bonchev–Trinajstić information content (AvgIpc) is 3.76. The molecule has 6 heterocycles. The number of imide groups is 2. The van der Waals surface area contributed by atoms with Crippen LogP contribution in [0.25, 0.3) is 22.0 Å². The van der Waals surface area contributed by atoms with E-state index in [2.05, 4.69) is 75.2 Å². The third-order valence-electron chi connectivity index (χ3n) is 13.3. The molecule has 3 aliphatic rings. The monoisotopic (exact) mass is 882 g/mol. The van der Waals surface area contributed by atoms with Gasteiger partial charge in [-0.3, -0.25) is 43.9 Å². The molecule has 5 aromatic rings. The molecule has 0 aliphatic carbocycles. The van der Waals surface area contributed by atoms with Crippen molar-refractivity contribution in [3.63, 3.8) is 0 Å². The Balaban J connectivity index is 0.855. The number of nitrogens with one attached hydrogen (secondary N) is 3. The maximum Gasteiger partial charge on any atom is 0.266 e. The maximum atomic E-state index is 14.0. The molecular formula is C50H58N8O7. The summed E-state index contributed by atoms with van der Waals surface area (Å²) in [6.07, 6.45) is 6.99. The lowest BCUT2D eigenvalue weighted by Gasteiger charge is -2.35. The SMILES string of the molecule is CC[C@H](C)n1cc(C)c2c(C(=O)NCc3c(C)cc(C)[nH]c3=O)cc(-c3ccc(N4CCN(CCCC(C)COc5cccc6c5C(=O)N(C5CCC(=O)NC5=O)C6=O)CC4)nc3)cc21. The summed E-state index contributed by atoms with van der Waals surface area (Å²) in [4.78, 5) is 91.0. The lowest BCUT2D eigenvalue weighted by Crippen LogP contribution is -2.54. The Labute approximate surface area is 378 Å². The largest absolute Gasteiger partial charge is 0.492 e. The van der Waals surface area contributed by atoms with E-state index in [0.717, 1.165) is 102 Å². The molecule has 0 saturated carbocycles. The Bertz CT molecular complexity index is 2730. The molecule has 65 heavy (non-hydrogen) atoms. The van der Waals surface area contributed by atoms with Gasteiger partial charge < -0.3 is 24.5 Å². The van der Waals surface area contributed by atoms with Gasteiger partial charge >= 0.3 is 0 Å². The van der Waals surface area contributed by atoms with Crippen molar-refractivity contribution in [3.8, 4) is 16.9 Å². The number of aryl methyl sites for hydroxylation is 3. The zero-order chi connectivity index (χ0) is 46.1. The minimum absolute atomic E-state index is 0.0625. The lowest BCUT2D eigenvalue weighted by atomic mass is 9.98. The van der Waals surface area contributed by atoms with E-state index < -0.39 is 29.7 Å². The maximum absolute atomic E-state index is 14.0. The molecule has 15 heteroatoms. The molecule has 3 aromatic heterocycles. The second kappa shape index (κ2) is 18.9. The summed E-state index contributed by atoms with van der Waals surface area (Å²) in [5.74, 6) is -0.995. The van der Waals surface area contributed by atoms with Crippen LogP contribution in [0.5, 0.6) is 5.75 Å². The Morgan fingerprint density at radius 2 is 1.72 bits per heavy atom. The second-order valence-electron chi connectivity index (χ2n) is 17.9. The standard InChI is InChI=1S/C50H58N8O7/c1-7-33(6)57-27-31(4)44-37(46(60)52-26-38-30(3)22-32(5)53-47(38)61)23-35(24-40(44)57)34-13-15-42(51-25-34)56-20-18-55(19-21-56)17-9-10-29(2)28-65-41-12-8-11-36-45(41)50(64)58(49(36)63)39-14-16-43(59)54-48(39)62/h8,11-13,15,22-25,27,29,33,39H,7,9-10,14,16-21,26,28H2,1-6H3,(H,52,60)(H,53,61)(H,54,59,62)/t29?,33-,39?/m0/s1. The number of nitrogens with zero attached hydrogens (tertiary/aromatic N) is 5. The number of piperidine rings is 1. The number of ether oxygens (including phenoxy) is 1. The Morgan fingerprint density at radius 1 is 0.938 bits per heavy atom. The number of benzene rings is 2. The smallest absolute Gasteiger partial charge is 0.266 e. The molecule has 0 radical (unpaired) electrons. The van der Waals surface area contributed by atoms with Crippen LogP contribution in [0.3, 0.4) is 0 Å². The summed E-state index contributed by atoms with van der Waals surface area (Å²) in [6, 6.07) is 14.3. The van der Waals surface area contributed by atoms with E-state index in [1.165, 1.54) is 0 Å². The van der Waals surface area contributed by atoms with E-state index >= 15 is 0 Å². The fraction of sp³-hybridized carbons (Fsp3) is 0.420. The van der Waals surface area contributed by atoms with Gasteiger partial charge in [0, 0.05) is 90.9 Å². The van der Waals surface area contributed by atoms with Gasteiger partial charge in [0.15, 0.2) is 0 Å². The van der Waals surface area contributed by atoms with Crippen molar-refractivity contribution in [2.24, 2.45) is 5.92 Å². The van der Waals surface area contributed by atoms with Gasteiger partial charge in [0.1, 0.15) is 17.6 Å². The highest BCUT2D eigenvalue weighted by atomic mass is 16.5. The van der Waals surface area contributed by atoms with Crippen molar-refractivity contribution in [1.29, 1.82) is 0 Å². The molecule has 5 amide bonds. The molecule has 15 nitrogen and oxygen atoms in total. The number of piperazine rings is 1. The third-order valence-corrected chi connectivity index (χ3v) is 13.3. The van der Waals surface area contributed by atoms with Crippen molar-refractivity contribution in [3.05, 3.63) is 110 Å². The molecular weight excluding hydrogens is 825 g/mol. The molecule has 3 N–H and O–H groups in total. The van der Waals surface area contributed by atoms with Gasteiger partial charge in [0.05, 0.1) is 17.7 Å². The highest BCUT2D eigenvalue weighted by molar-refractivity contribution is 6.24. The predicted molar refractivity (Wildman–Crippen MR) is 248 cm³/mol. The summed E-state index contributed by atoms with van der Waals surface area (Å²) in [6.45, 7) is 17.1. The summed E-state index contributed by atoms with van der Waals surface area (Å²) < 4.78 is 8.38. The van der Waals surface area contributed by atoms with Crippen LogP contribution in [-0.4, -0.2) is 99.2 Å². The van der Waals surface area contributed by atoms with Crippen molar-refractivity contribution < 1.29 is 28.7 Å². The molecule has 340 valence electrons. The number of carbonyl (C=O) groups excluding carboxylic acids is 5. The minimum atomic E-state index is -1.03. The van der Waals surface area contributed by atoms with Gasteiger partial charge in [0.25, 0.3) is 23.3 Å². The number of rotatable bonds is 15. The van der Waals surface area contributed by atoms with Crippen molar-refractivity contribution in [2.75, 3.05) is 44.2 Å². The normalized spacial score (nSPS) is 17.7. The number of fused-ring (bicyclic) bond motifs is 2. The molecule has 8 rings (SSSR count). The van der Waals surface area contributed by atoms with Crippen LogP contribution in [-0.2, 0) is 16.1 Å². The van der Waals surface area contributed by atoms with Crippen molar-refractivity contribution in [1.82, 2.24) is 35.0 Å². The van der Waals surface area contributed by atoms with Crippen LogP contribution < -0.4 is 25.8 Å². The van der Waals surface area contributed by atoms with Crippen LogP contribution in [0, 0.1) is 26.7 Å². The number of anilines is 1. The number of aromatic nitrogens is 3. The molecule has 3 aliphatic heterocycles. The number of hydrogen-bond donors (Lipinski definition) is 3. The second-order valence-corrected chi connectivity index (χ2v) is 17.9. The number of hydrogen-bond acceptors (Lipinski definition) is 10. The van der Waals surface area contributed by atoms with Gasteiger partial charge in [-0.05, 0) is 125 Å². The van der Waals surface area contributed by atoms with Crippen LogP contribution in [0.2, 0.25) is 0 Å². The van der Waals surface area contributed by atoms with E-state index in [0.29, 0.717) is 23.5 Å². The summed E-state index contributed by atoms with van der Waals surface area (Å²) in [5, 5.41) is 6.17. The number of carbonyl (C=O) groups is 5. The number of H-pyrrole nitrogens is 1. The van der Waals surface area contributed by atoms with Crippen LogP contribution in [0.15, 0.2) is 65.7 Å². The first-order valence-corrected chi connectivity index (χ1v) is 22.8. The van der Waals surface area contributed by atoms with Gasteiger partial charge in [-0.15, -0.1) is 0 Å². The molecule has 2 aromatic carbocycles. The Hall–Kier alpha value is -6.61. The first kappa shape index (κ1) is 45.0. The highest BCUT2D eigenvalue weighted by Gasteiger charge is 2.46. The van der Waals surface area contributed by atoms with E-state index in [1.54, 1.807) is 18.2 Å². The van der Waals surface area contributed by atoms with E-state index in [-0.39, 0.29) is 53.9 Å². The molecule has 2 unspecified atom stereocenters. The topological polar surface area (TPSA) is 179 Å². The summed E-state index contributed by atoms with van der Waals surface area (Å²) in [5.41, 5.74) is 6.71. The number of pyridine rings is 2. The first-order chi connectivity index (χ1) is 31.2. The highest BCUT2D eigenvalue weighted by Crippen LogP contribution is 2.36. The molecule has 2 saturated heterocycles. The molecule has 2 fully saturated rings. The Morgan fingerprint density at radius 3 is 2.43 bits per heavy atom. The third kappa shape index (κ3) is 9.19. The molecule has 0 spiro atoms. The van der Waals surface area contributed by atoms with E-state index in [1.807, 2.05) is 39.1 Å². The molecule has 0 bridgehead atoms. The van der Waals surface area contributed by atoms with Gasteiger partial charge in [-0.25, -0.2) is 4.98 Å². The fourth-order valence-electron chi connectivity index (χ4n) is 9.39. The lowest BCUT2D eigenvalue weighted by molar-refractivity contribution is -0.136. The van der Waals surface area contributed by atoms with Crippen molar-refractivity contribution in [2.45, 2.75) is 92.3 Å². The zero-order valence-corrected chi connectivity index (χ0v) is 38.1. The first-order valence-electron chi connectivity index (χ1n) is 22.8. The quantitative estimate of drug-likeness (QED) is 0.102. The summed E-state index contributed by atoms with van der Waals surface area (Å²) >= 11 is 0. The summed E-state index contributed by atoms with van der Waals surface area (Å²) in [7, 11) is 0. The Kier molecular flexibility index (Phi) is 13.0. The average molecular weight is 883 g/mol. The van der Waals surface area contributed by atoms with Gasteiger partial charge in [-0.1, -0.05) is 19.9 Å². The minimum Gasteiger partial charge on any atom is -0.492 e. The van der Waals surface area contributed by atoms with Crippen LogP contribution >= 0.6 is 0 Å². The molecule has 3 atom stereocenters. The number of aromatic amines is 1. The fourth-order valence-corrected chi connectivity index (χ4v) is 9.39. The van der Waals surface area contributed by atoms with Crippen LogP contribution in [0.4, 0.5) is 5.82 Å². The van der Waals surface area contributed by atoms with E-state index in [4.69, 9.17) is 9.72 Å². The zero-order valence-electron chi connectivity index (χ0n) is 38.1. The van der Waals surface area contributed by atoms with Crippen LogP contribution in [0.1, 0.15) is 112 Å². The van der Waals surface area contributed by atoms with Gasteiger partial charge in [0.2, 0.25) is 11.8 Å². The van der Waals surface area contributed by atoms with Crippen molar-refractivity contribution >= 4 is 46.3 Å².